The standard InChI is InChI=1S/C13H14F3NO2/c1-9(7-12(19)13(14,15)16)17-11(8-18)10-5-3-2-4-6-10/h2-7,11,17-18H,8H2,1H3/b9-7+/t11-/m1/s1. The summed E-state index contributed by atoms with van der Waals surface area (Å²) in [5.41, 5.74) is 0.766. The molecule has 1 aromatic rings. The van der Waals surface area contributed by atoms with Crippen molar-refractivity contribution in [2.45, 2.75) is 19.1 Å². The second-order valence-electron chi connectivity index (χ2n) is 3.98. The van der Waals surface area contributed by atoms with E-state index in [4.69, 9.17) is 0 Å². The lowest BCUT2D eigenvalue weighted by Gasteiger charge is -2.18. The largest absolute Gasteiger partial charge is 0.454 e. The average molecular weight is 273 g/mol. The Balaban J connectivity index is 2.77. The second-order valence-corrected chi connectivity index (χ2v) is 3.98. The van der Waals surface area contributed by atoms with E-state index in [1.807, 2.05) is 0 Å². The van der Waals surface area contributed by atoms with Crippen LogP contribution in [-0.2, 0) is 4.79 Å². The van der Waals surface area contributed by atoms with Gasteiger partial charge in [0, 0.05) is 11.8 Å². The molecular formula is C13H14F3NO2. The molecule has 1 aromatic carbocycles. The zero-order valence-corrected chi connectivity index (χ0v) is 10.2. The van der Waals surface area contributed by atoms with E-state index in [1.165, 1.54) is 6.92 Å². The number of alkyl halides is 3. The van der Waals surface area contributed by atoms with E-state index in [0.717, 1.165) is 5.56 Å². The summed E-state index contributed by atoms with van der Waals surface area (Å²) in [5, 5.41) is 11.9. The first-order chi connectivity index (χ1) is 8.84. The summed E-state index contributed by atoms with van der Waals surface area (Å²) in [6.07, 6.45) is -4.41. The van der Waals surface area contributed by atoms with Crippen LogP contribution in [0.1, 0.15) is 18.5 Å². The fourth-order valence-electron chi connectivity index (χ4n) is 1.51. The number of ketones is 1. The predicted octanol–water partition coefficient (Wildman–Crippen LogP) is 2.34. The summed E-state index contributed by atoms with van der Waals surface area (Å²) in [7, 11) is 0. The lowest BCUT2D eigenvalue weighted by molar-refractivity contribution is -0.165. The van der Waals surface area contributed by atoms with E-state index in [0.29, 0.717) is 6.08 Å². The van der Waals surface area contributed by atoms with Gasteiger partial charge in [-0.25, -0.2) is 0 Å². The highest BCUT2D eigenvalue weighted by atomic mass is 19.4. The van der Waals surface area contributed by atoms with Gasteiger partial charge in [-0.2, -0.15) is 13.2 Å². The molecule has 1 atom stereocenters. The van der Waals surface area contributed by atoms with E-state index < -0.39 is 18.0 Å². The molecule has 0 aliphatic heterocycles. The van der Waals surface area contributed by atoms with Crippen LogP contribution in [0.5, 0.6) is 0 Å². The van der Waals surface area contributed by atoms with E-state index in [9.17, 15) is 23.1 Å². The van der Waals surface area contributed by atoms with Crippen LogP contribution in [0.3, 0.4) is 0 Å². The topological polar surface area (TPSA) is 49.3 Å². The molecule has 104 valence electrons. The van der Waals surface area contributed by atoms with Gasteiger partial charge in [0.05, 0.1) is 12.6 Å². The molecule has 6 heteroatoms. The number of rotatable bonds is 5. The van der Waals surface area contributed by atoms with Gasteiger partial charge in [0.2, 0.25) is 0 Å². The fourth-order valence-corrected chi connectivity index (χ4v) is 1.51. The third kappa shape index (κ3) is 4.75. The van der Waals surface area contributed by atoms with Crippen molar-refractivity contribution in [3.05, 3.63) is 47.7 Å². The first-order valence-corrected chi connectivity index (χ1v) is 5.56. The van der Waals surface area contributed by atoms with Crippen LogP contribution < -0.4 is 5.32 Å². The lowest BCUT2D eigenvalue weighted by atomic mass is 10.1. The van der Waals surface area contributed by atoms with Crippen molar-refractivity contribution in [1.29, 1.82) is 0 Å². The van der Waals surface area contributed by atoms with Gasteiger partial charge in [-0.15, -0.1) is 0 Å². The molecule has 3 nitrogen and oxygen atoms in total. The molecule has 0 aliphatic rings. The highest BCUT2D eigenvalue weighted by Crippen LogP contribution is 2.18. The summed E-state index contributed by atoms with van der Waals surface area (Å²) < 4.78 is 36.2. The van der Waals surface area contributed by atoms with Crippen molar-refractivity contribution < 1.29 is 23.1 Å². The van der Waals surface area contributed by atoms with Crippen LogP contribution >= 0.6 is 0 Å². The Morgan fingerprint density at radius 2 is 1.95 bits per heavy atom. The lowest BCUT2D eigenvalue weighted by Crippen LogP contribution is -2.26. The molecule has 19 heavy (non-hydrogen) atoms. The number of nitrogens with one attached hydrogen (secondary N) is 1. The molecule has 2 N–H and O–H groups in total. The third-order valence-corrected chi connectivity index (χ3v) is 2.41. The van der Waals surface area contributed by atoms with Gasteiger partial charge in [0.1, 0.15) is 0 Å². The van der Waals surface area contributed by atoms with Gasteiger partial charge >= 0.3 is 6.18 Å². The molecule has 0 heterocycles. The molecule has 0 saturated carbocycles. The Morgan fingerprint density at radius 1 is 1.37 bits per heavy atom. The molecule has 0 saturated heterocycles. The van der Waals surface area contributed by atoms with Gasteiger partial charge < -0.3 is 10.4 Å². The first-order valence-electron chi connectivity index (χ1n) is 5.56. The van der Waals surface area contributed by atoms with Crippen molar-refractivity contribution in [1.82, 2.24) is 5.32 Å². The summed E-state index contributed by atoms with van der Waals surface area (Å²) in [6, 6.07) is 8.19. The molecule has 0 unspecified atom stereocenters. The minimum Gasteiger partial charge on any atom is -0.394 e. The van der Waals surface area contributed by atoms with E-state index >= 15 is 0 Å². The number of hydrogen-bond donors (Lipinski definition) is 2. The predicted molar refractivity (Wildman–Crippen MR) is 64.2 cm³/mol. The van der Waals surface area contributed by atoms with Gasteiger partial charge in [-0.3, -0.25) is 4.79 Å². The van der Waals surface area contributed by atoms with Crippen molar-refractivity contribution in [3.63, 3.8) is 0 Å². The molecular weight excluding hydrogens is 259 g/mol. The van der Waals surface area contributed by atoms with Crippen molar-refractivity contribution in [3.8, 4) is 0 Å². The van der Waals surface area contributed by atoms with E-state index in [2.05, 4.69) is 5.32 Å². The molecule has 0 radical (unpaired) electrons. The normalized spacial score (nSPS) is 14.1. The number of halogens is 3. The van der Waals surface area contributed by atoms with Crippen LogP contribution in [0.25, 0.3) is 0 Å². The highest BCUT2D eigenvalue weighted by Gasteiger charge is 2.36. The third-order valence-electron chi connectivity index (χ3n) is 2.41. The number of hydrogen-bond acceptors (Lipinski definition) is 3. The fraction of sp³-hybridized carbons (Fsp3) is 0.308. The van der Waals surface area contributed by atoms with Crippen molar-refractivity contribution >= 4 is 5.78 Å². The van der Waals surface area contributed by atoms with Crippen LogP contribution in [0.15, 0.2) is 42.1 Å². The average Bonchev–Trinajstić information content (AvgIpc) is 2.35. The van der Waals surface area contributed by atoms with Gasteiger partial charge in [0.25, 0.3) is 5.78 Å². The van der Waals surface area contributed by atoms with Gasteiger partial charge in [-0.1, -0.05) is 30.3 Å². The number of allylic oxidation sites excluding steroid dienone is 2. The minimum absolute atomic E-state index is 0.0465. The van der Waals surface area contributed by atoms with Crippen LogP contribution in [0.2, 0.25) is 0 Å². The van der Waals surface area contributed by atoms with E-state index in [1.54, 1.807) is 30.3 Å². The Morgan fingerprint density at radius 3 is 2.42 bits per heavy atom. The number of carbonyl (C=O) groups is 1. The summed E-state index contributed by atoms with van der Waals surface area (Å²) in [6.45, 7) is 1.05. The molecule has 0 aliphatic carbocycles. The smallest absolute Gasteiger partial charge is 0.394 e. The number of aliphatic hydroxyl groups is 1. The number of carbonyl (C=O) groups excluding carboxylic acids is 1. The zero-order valence-electron chi connectivity index (χ0n) is 10.2. The Bertz CT molecular complexity index is 455. The quantitative estimate of drug-likeness (QED) is 0.810. The van der Waals surface area contributed by atoms with Crippen molar-refractivity contribution in [2.24, 2.45) is 0 Å². The Hall–Kier alpha value is -1.82. The van der Waals surface area contributed by atoms with Crippen LogP contribution in [0, 0.1) is 0 Å². The molecule has 0 bridgehead atoms. The molecule has 0 aromatic heterocycles. The maximum atomic E-state index is 12.1. The Labute approximate surface area is 108 Å². The zero-order chi connectivity index (χ0) is 14.5. The molecule has 0 fully saturated rings. The number of benzene rings is 1. The number of aliphatic hydroxyl groups excluding tert-OH is 1. The summed E-state index contributed by atoms with van der Waals surface area (Å²) in [5.74, 6) is -1.93. The summed E-state index contributed by atoms with van der Waals surface area (Å²) >= 11 is 0. The molecule has 0 amide bonds. The van der Waals surface area contributed by atoms with Gasteiger partial charge in [-0.05, 0) is 12.5 Å². The monoisotopic (exact) mass is 273 g/mol. The molecule has 0 spiro atoms. The van der Waals surface area contributed by atoms with Crippen molar-refractivity contribution in [2.75, 3.05) is 6.61 Å². The first kappa shape index (κ1) is 15.2. The maximum Gasteiger partial charge on any atom is 0.454 e. The van der Waals surface area contributed by atoms with E-state index in [-0.39, 0.29) is 12.3 Å². The maximum absolute atomic E-state index is 12.1. The Kier molecular flexibility index (Phi) is 5.11. The second kappa shape index (κ2) is 6.38. The van der Waals surface area contributed by atoms with Crippen LogP contribution in [0.4, 0.5) is 13.2 Å². The van der Waals surface area contributed by atoms with Crippen LogP contribution in [-0.4, -0.2) is 23.7 Å². The highest BCUT2D eigenvalue weighted by molar-refractivity contribution is 5.94. The summed E-state index contributed by atoms with van der Waals surface area (Å²) in [4.78, 5) is 10.8. The molecule has 1 rings (SSSR count). The minimum atomic E-state index is -4.88. The van der Waals surface area contributed by atoms with Gasteiger partial charge in [0.15, 0.2) is 0 Å². The SMILES string of the molecule is C/C(=C\C(=O)C(F)(F)F)N[C@H](CO)c1ccccc1.